The van der Waals surface area contributed by atoms with Crippen molar-refractivity contribution in [3.8, 4) is 21.7 Å². The van der Waals surface area contributed by atoms with E-state index in [1.165, 1.54) is 16.8 Å². The lowest BCUT2D eigenvalue weighted by Crippen LogP contribution is -2.44. The summed E-state index contributed by atoms with van der Waals surface area (Å²) in [6.45, 7) is 4.32. The van der Waals surface area contributed by atoms with E-state index in [2.05, 4.69) is 87.1 Å². The van der Waals surface area contributed by atoms with Crippen molar-refractivity contribution >= 4 is 39.7 Å². The SMILES string of the molecule is CN1CCN(c2ccc(Nc3nc(-c4cc(-c5ccccc5)cs4)c4cc[nH]c4n3)cc2)CC1. The second-order valence-electron chi connectivity index (χ2n) is 8.66. The predicted octanol–water partition coefficient (Wildman–Crippen LogP) is 5.85. The van der Waals surface area contributed by atoms with Crippen LogP contribution in [-0.2, 0) is 0 Å². The Labute approximate surface area is 202 Å². The van der Waals surface area contributed by atoms with Gasteiger partial charge in [-0.1, -0.05) is 30.3 Å². The summed E-state index contributed by atoms with van der Waals surface area (Å²) in [4.78, 5) is 18.8. The quantitative estimate of drug-likeness (QED) is 0.340. The number of H-pyrrole nitrogens is 1. The molecule has 6 nitrogen and oxygen atoms in total. The summed E-state index contributed by atoms with van der Waals surface area (Å²) in [6, 6.07) is 23.3. The molecule has 0 unspecified atom stereocenters. The largest absolute Gasteiger partial charge is 0.369 e. The van der Waals surface area contributed by atoms with Crippen LogP contribution in [0.15, 0.2) is 78.3 Å². The van der Waals surface area contributed by atoms with Crippen LogP contribution in [0.25, 0.3) is 32.7 Å². The molecule has 170 valence electrons. The Balaban J connectivity index is 1.27. The number of thiophene rings is 1. The van der Waals surface area contributed by atoms with Crippen LogP contribution in [0.2, 0.25) is 0 Å². The minimum atomic E-state index is 0.590. The first-order valence-electron chi connectivity index (χ1n) is 11.5. The van der Waals surface area contributed by atoms with E-state index < -0.39 is 0 Å². The molecule has 1 aliphatic rings. The van der Waals surface area contributed by atoms with E-state index in [4.69, 9.17) is 9.97 Å². The van der Waals surface area contributed by atoms with Crippen LogP contribution in [0.1, 0.15) is 0 Å². The predicted molar refractivity (Wildman–Crippen MR) is 142 cm³/mol. The minimum absolute atomic E-state index is 0.590. The van der Waals surface area contributed by atoms with Gasteiger partial charge in [0, 0.05) is 49.1 Å². The number of piperazine rings is 1. The Morgan fingerprint density at radius 3 is 2.47 bits per heavy atom. The van der Waals surface area contributed by atoms with Crippen LogP contribution in [0.5, 0.6) is 0 Å². The van der Waals surface area contributed by atoms with Gasteiger partial charge in [-0.25, -0.2) is 4.98 Å². The Bertz CT molecular complexity index is 1400. The summed E-state index contributed by atoms with van der Waals surface area (Å²) in [5, 5.41) is 6.62. The van der Waals surface area contributed by atoms with Gasteiger partial charge < -0.3 is 20.1 Å². The molecule has 0 bridgehead atoms. The molecule has 1 saturated heterocycles. The lowest BCUT2D eigenvalue weighted by atomic mass is 10.1. The van der Waals surface area contributed by atoms with E-state index in [0.29, 0.717) is 5.95 Å². The number of anilines is 3. The van der Waals surface area contributed by atoms with E-state index in [-0.39, 0.29) is 0 Å². The first kappa shape index (κ1) is 20.9. The third-order valence-corrected chi connectivity index (χ3v) is 7.28. The molecule has 0 saturated carbocycles. The van der Waals surface area contributed by atoms with Crippen molar-refractivity contribution < 1.29 is 0 Å². The monoisotopic (exact) mass is 466 g/mol. The van der Waals surface area contributed by atoms with Crippen LogP contribution in [0.3, 0.4) is 0 Å². The third-order valence-electron chi connectivity index (χ3n) is 6.35. The fraction of sp³-hybridized carbons (Fsp3) is 0.185. The highest BCUT2D eigenvalue weighted by Gasteiger charge is 2.16. The molecule has 34 heavy (non-hydrogen) atoms. The lowest BCUT2D eigenvalue weighted by molar-refractivity contribution is 0.313. The van der Waals surface area contributed by atoms with Gasteiger partial charge >= 0.3 is 0 Å². The van der Waals surface area contributed by atoms with Crippen LogP contribution >= 0.6 is 11.3 Å². The number of aromatic amines is 1. The number of hydrogen-bond acceptors (Lipinski definition) is 6. The van der Waals surface area contributed by atoms with Gasteiger partial charge in [-0.2, -0.15) is 4.98 Å². The fourth-order valence-electron chi connectivity index (χ4n) is 4.38. The Hall–Kier alpha value is -3.68. The van der Waals surface area contributed by atoms with Gasteiger partial charge in [-0.05, 0) is 60.0 Å². The summed E-state index contributed by atoms with van der Waals surface area (Å²) >= 11 is 1.71. The average Bonchev–Trinajstić information content (AvgIpc) is 3.55. The van der Waals surface area contributed by atoms with E-state index >= 15 is 0 Å². The van der Waals surface area contributed by atoms with Gasteiger partial charge in [0.15, 0.2) is 0 Å². The van der Waals surface area contributed by atoms with Crippen molar-refractivity contribution in [1.82, 2.24) is 19.9 Å². The summed E-state index contributed by atoms with van der Waals surface area (Å²) in [7, 11) is 2.18. The molecule has 4 heterocycles. The number of fused-ring (bicyclic) bond motifs is 1. The fourth-order valence-corrected chi connectivity index (χ4v) is 5.30. The van der Waals surface area contributed by atoms with Crippen molar-refractivity contribution in [2.75, 3.05) is 43.4 Å². The van der Waals surface area contributed by atoms with Gasteiger partial charge in [0.05, 0.1) is 10.6 Å². The number of benzene rings is 2. The molecule has 2 N–H and O–H groups in total. The van der Waals surface area contributed by atoms with E-state index in [0.717, 1.165) is 53.5 Å². The van der Waals surface area contributed by atoms with Crippen LogP contribution in [0, 0.1) is 0 Å². The van der Waals surface area contributed by atoms with Gasteiger partial charge in [0.25, 0.3) is 0 Å². The van der Waals surface area contributed by atoms with Gasteiger partial charge in [0.1, 0.15) is 5.65 Å². The third kappa shape index (κ3) is 4.16. The van der Waals surface area contributed by atoms with Crippen LogP contribution in [0.4, 0.5) is 17.3 Å². The van der Waals surface area contributed by atoms with Crippen molar-refractivity contribution in [3.05, 3.63) is 78.3 Å². The Morgan fingerprint density at radius 1 is 0.882 bits per heavy atom. The molecule has 0 spiro atoms. The van der Waals surface area contributed by atoms with Crippen LogP contribution in [-0.4, -0.2) is 53.1 Å². The molecule has 3 aromatic heterocycles. The molecule has 1 fully saturated rings. The summed E-state index contributed by atoms with van der Waals surface area (Å²) in [6.07, 6.45) is 1.92. The molecule has 0 aliphatic carbocycles. The molecular weight excluding hydrogens is 440 g/mol. The summed E-state index contributed by atoms with van der Waals surface area (Å²) < 4.78 is 0. The smallest absolute Gasteiger partial charge is 0.229 e. The van der Waals surface area contributed by atoms with Crippen molar-refractivity contribution in [1.29, 1.82) is 0 Å². The highest BCUT2D eigenvalue weighted by Crippen LogP contribution is 2.35. The molecule has 7 heteroatoms. The maximum Gasteiger partial charge on any atom is 0.229 e. The summed E-state index contributed by atoms with van der Waals surface area (Å²) in [5.41, 5.74) is 6.42. The van der Waals surface area contributed by atoms with Crippen molar-refractivity contribution in [3.63, 3.8) is 0 Å². The zero-order valence-corrected chi connectivity index (χ0v) is 19.8. The average molecular weight is 467 g/mol. The van der Waals surface area contributed by atoms with Gasteiger partial charge in [-0.15, -0.1) is 11.3 Å². The van der Waals surface area contributed by atoms with Gasteiger partial charge in [0.2, 0.25) is 5.95 Å². The second kappa shape index (κ2) is 8.93. The molecular formula is C27H26N6S. The number of nitrogens with zero attached hydrogens (tertiary/aromatic N) is 4. The molecule has 2 aromatic carbocycles. The van der Waals surface area contributed by atoms with E-state index in [1.54, 1.807) is 11.3 Å². The highest BCUT2D eigenvalue weighted by molar-refractivity contribution is 7.14. The number of aromatic nitrogens is 3. The van der Waals surface area contributed by atoms with Crippen molar-refractivity contribution in [2.45, 2.75) is 0 Å². The van der Waals surface area contributed by atoms with E-state index in [1.807, 2.05) is 18.3 Å². The standard InChI is InChI=1S/C27H26N6S/c1-32-13-15-33(16-14-32)22-9-7-21(8-10-22)29-27-30-25(23-11-12-28-26(23)31-27)24-17-20(18-34-24)19-5-3-2-4-6-19/h2-12,17-18H,13-16H2,1H3,(H2,28,29,30,31). The minimum Gasteiger partial charge on any atom is -0.369 e. The molecule has 5 aromatic rings. The van der Waals surface area contributed by atoms with Crippen molar-refractivity contribution in [2.24, 2.45) is 0 Å². The number of hydrogen-bond donors (Lipinski definition) is 2. The number of nitrogens with one attached hydrogen (secondary N) is 2. The highest BCUT2D eigenvalue weighted by atomic mass is 32.1. The maximum absolute atomic E-state index is 4.92. The zero-order valence-electron chi connectivity index (χ0n) is 19.0. The molecule has 1 aliphatic heterocycles. The first-order chi connectivity index (χ1) is 16.7. The Morgan fingerprint density at radius 2 is 1.68 bits per heavy atom. The maximum atomic E-state index is 4.92. The molecule has 0 atom stereocenters. The lowest BCUT2D eigenvalue weighted by Gasteiger charge is -2.34. The normalized spacial score (nSPS) is 14.6. The first-order valence-corrected chi connectivity index (χ1v) is 12.4. The van der Waals surface area contributed by atoms with E-state index in [9.17, 15) is 0 Å². The van der Waals surface area contributed by atoms with Gasteiger partial charge in [-0.3, -0.25) is 0 Å². The molecule has 0 radical (unpaired) electrons. The molecule has 0 amide bonds. The molecule has 6 rings (SSSR count). The number of rotatable bonds is 5. The number of likely N-dealkylation sites (N-methyl/N-ethyl adjacent to an activating group) is 1. The Kier molecular flexibility index (Phi) is 5.49. The topological polar surface area (TPSA) is 60.1 Å². The second-order valence-corrected chi connectivity index (χ2v) is 9.57. The summed E-state index contributed by atoms with van der Waals surface area (Å²) in [5.74, 6) is 0.590. The van der Waals surface area contributed by atoms with Crippen LogP contribution < -0.4 is 10.2 Å². The zero-order chi connectivity index (χ0) is 22.9.